The molecule has 0 fully saturated rings. The second-order valence-electron chi connectivity index (χ2n) is 4.51. The molecule has 7 heteroatoms. The van der Waals surface area contributed by atoms with Crippen LogP contribution in [-0.4, -0.2) is 25.7 Å². The van der Waals surface area contributed by atoms with Gasteiger partial charge < -0.3 is 9.94 Å². The zero-order chi connectivity index (χ0) is 15.2. The summed E-state index contributed by atoms with van der Waals surface area (Å²) < 4.78 is 20.7. The Bertz CT molecular complexity index is 640. The van der Waals surface area contributed by atoms with Crippen molar-refractivity contribution in [3.05, 3.63) is 41.7 Å². The fourth-order valence-corrected chi connectivity index (χ4v) is 1.91. The molecule has 1 N–H and O–H groups in total. The first kappa shape index (κ1) is 15.0. The molecule has 1 aromatic carbocycles. The van der Waals surface area contributed by atoms with E-state index in [4.69, 9.17) is 9.94 Å². The Morgan fingerprint density at radius 3 is 3.00 bits per heavy atom. The lowest BCUT2D eigenvalue weighted by Gasteiger charge is -2.11. The van der Waals surface area contributed by atoms with E-state index in [0.29, 0.717) is 22.8 Å². The highest BCUT2D eigenvalue weighted by Gasteiger charge is 2.11. The molecular formula is C14H17FN4O2. The molecule has 0 saturated carbocycles. The van der Waals surface area contributed by atoms with Crippen molar-refractivity contribution in [2.75, 3.05) is 0 Å². The average Bonchev–Trinajstić information content (AvgIpc) is 2.92. The normalized spacial score (nSPS) is 11.7. The van der Waals surface area contributed by atoms with Crippen LogP contribution in [-0.2, 0) is 13.2 Å². The predicted molar refractivity (Wildman–Crippen MR) is 75.0 cm³/mol. The van der Waals surface area contributed by atoms with Crippen LogP contribution in [0.3, 0.4) is 0 Å². The maximum absolute atomic E-state index is 13.4. The number of aryl methyl sites for hydroxylation is 1. The highest BCUT2D eigenvalue weighted by molar-refractivity contribution is 6.00. The van der Waals surface area contributed by atoms with Gasteiger partial charge in [-0.25, -0.2) is 14.1 Å². The van der Waals surface area contributed by atoms with Crippen LogP contribution < -0.4 is 4.74 Å². The Kier molecular flexibility index (Phi) is 4.86. The number of ether oxygens (including phenoxy) is 1. The van der Waals surface area contributed by atoms with Gasteiger partial charge in [0.2, 0.25) is 0 Å². The summed E-state index contributed by atoms with van der Waals surface area (Å²) in [5.41, 5.74) is 0.875. The van der Waals surface area contributed by atoms with E-state index >= 15 is 0 Å². The predicted octanol–water partition coefficient (Wildman–Crippen LogP) is 2.60. The molecule has 112 valence electrons. The Morgan fingerprint density at radius 2 is 2.29 bits per heavy atom. The standard InChI is InChI=1S/C14H17FN4O2/c1-3-6-19-14(16-9-17-19)8-21-13-7-11(15)4-5-12(13)10(2)18-20/h4-5,7,9,20H,3,6,8H2,1-2H3. The van der Waals surface area contributed by atoms with Gasteiger partial charge in [0.25, 0.3) is 0 Å². The third-order valence-corrected chi connectivity index (χ3v) is 2.97. The van der Waals surface area contributed by atoms with Crippen molar-refractivity contribution in [3.8, 4) is 5.75 Å². The summed E-state index contributed by atoms with van der Waals surface area (Å²) in [5, 5.41) is 16.1. The van der Waals surface area contributed by atoms with Crippen molar-refractivity contribution < 1.29 is 14.3 Å². The smallest absolute Gasteiger partial charge is 0.164 e. The van der Waals surface area contributed by atoms with Crippen molar-refractivity contribution in [2.45, 2.75) is 33.4 Å². The third-order valence-electron chi connectivity index (χ3n) is 2.97. The van der Waals surface area contributed by atoms with Crippen molar-refractivity contribution in [1.82, 2.24) is 14.8 Å². The van der Waals surface area contributed by atoms with Crippen LogP contribution in [0.1, 0.15) is 31.7 Å². The molecule has 2 aromatic rings. The number of halogens is 1. The minimum atomic E-state index is -0.422. The highest BCUT2D eigenvalue weighted by Crippen LogP contribution is 2.22. The second-order valence-corrected chi connectivity index (χ2v) is 4.51. The molecule has 21 heavy (non-hydrogen) atoms. The van der Waals surface area contributed by atoms with Gasteiger partial charge in [0.05, 0.1) is 5.71 Å². The molecule has 0 aliphatic heterocycles. The van der Waals surface area contributed by atoms with E-state index in [-0.39, 0.29) is 6.61 Å². The lowest BCUT2D eigenvalue weighted by molar-refractivity contribution is 0.283. The van der Waals surface area contributed by atoms with Crippen molar-refractivity contribution in [1.29, 1.82) is 0 Å². The Hall–Kier alpha value is -2.44. The van der Waals surface area contributed by atoms with Crippen LogP contribution in [0, 0.1) is 5.82 Å². The van der Waals surface area contributed by atoms with E-state index in [2.05, 4.69) is 15.2 Å². The topological polar surface area (TPSA) is 72.5 Å². The van der Waals surface area contributed by atoms with Crippen molar-refractivity contribution in [2.24, 2.45) is 5.16 Å². The Labute approximate surface area is 121 Å². The van der Waals surface area contributed by atoms with Crippen LogP contribution in [0.5, 0.6) is 5.75 Å². The average molecular weight is 292 g/mol. The minimum Gasteiger partial charge on any atom is -0.485 e. The summed E-state index contributed by atoms with van der Waals surface area (Å²) in [6, 6.07) is 4.05. The van der Waals surface area contributed by atoms with E-state index in [0.717, 1.165) is 13.0 Å². The molecule has 0 spiro atoms. The van der Waals surface area contributed by atoms with Crippen molar-refractivity contribution in [3.63, 3.8) is 0 Å². The maximum atomic E-state index is 13.4. The van der Waals surface area contributed by atoms with Crippen LogP contribution in [0.15, 0.2) is 29.7 Å². The van der Waals surface area contributed by atoms with Gasteiger partial charge in [-0.3, -0.25) is 0 Å². The monoisotopic (exact) mass is 292 g/mol. The van der Waals surface area contributed by atoms with Gasteiger partial charge in [-0.2, -0.15) is 5.10 Å². The zero-order valence-electron chi connectivity index (χ0n) is 12.0. The molecule has 0 saturated heterocycles. The van der Waals surface area contributed by atoms with Gasteiger partial charge >= 0.3 is 0 Å². The van der Waals surface area contributed by atoms with Gasteiger partial charge in [0.1, 0.15) is 24.5 Å². The first-order chi connectivity index (χ1) is 10.2. The van der Waals surface area contributed by atoms with E-state index in [1.165, 1.54) is 24.5 Å². The largest absolute Gasteiger partial charge is 0.485 e. The fourth-order valence-electron chi connectivity index (χ4n) is 1.91. The Balaban J connectivity index is 2.19. The molecule has 6 nitrogen and oxygen atoms in total. The Morgan fingerprint density at radius 1 is 1.48 bits per heavy atom. The number of rotatable bonds is 6. The van der Waals surface area contributed by atoms with Gasteiger partial charge in [-0.1, -0.05) is 12.1 Å². The molecular weight excluding hydrogens is 275 g/mol. The van der Waals surface area contributed by atoms with E-state index in [9.17, 15) is 4.39 Å². The summed E-state index contributed by atoms with van der Waals surface area (Å²) in [5.74, 6) is 0.538. The summed E-state index contributed by atoms with van der Waals surface area (Å²) in [7, 11) is 0. The SMILES string of the molecule is CCCn1ncnc1COc1cc(F)ccc1C(C)=NO. The maximum Gasteiger partial charge on any atom is 0.164 e. The number of hydrogen-bond donors (Lipinski definition) is 1. The molecule has 1 heterocycles. The molecule has 0 aliphatic carbocycles. The quantitative estimate of drug-likeness (QED) is 0.504. The molecule has 0 atom stereocenters. The van der Waals surface area contributed by atoms with E-state index < -0.39 is 5.82 Å². The minimum absolute atomic E-state index is 0.162. The van der Waals surface area contributed by atoms with E-state index in [1.54, 1.807) is 11.6 Å². The summed E-state index contributed by atoms with van der Waals surface area (Å²) in [6.45, 7) is 4.55. The number of aromatic nitrogens is 3. The number of benzene rings is 1. The fraction of sp³-hybridized carbons (Fsp3) is 0.357. The van der Waals surface area contributed by atoms with Crippen LogP contribution in [0.4, 0.5) is 4.39 Å². The first-order valence-electron chi connectivity index (χ1n) is 6.63. The molecule has 0 radical (unpaired) electrons. The second kappa shape index (κ2) is 6.83. The van der Waals surface area contributed by atoms with Gasteiger partial charge in [0.15, 0.2) is 5.82 Å². The van der Waals surface area contributed by atoms with Gasteiger partial charge in [0, 0.05) is 18.2 Å². The summed E-state index contributed by atoms with van der Waals surface area (Å²) in [4.78, 5) is 4.12. The third kappa shape index (κ3) is 3.56. The lowest BCUT2D eigenvalue weighted by Crippen LogP contribution is -2.10. The lowest BCUT2D eigenvalue weighted by atomic mass is 10.1. The molecule has 0 unspecified atom stereocenters. The van der Waals surface area contributed by atoms with Crippen LogP contribution in [0.25, 0.3) is 0 Å². The molecule has 0 aliphatic rings. The van der Waals surface area contributed by atoms with Gasteiger partial charge in [-0.05, 0) is 25.5 Å². The number of oxime groups is 1. The van der Waals surface area contributed by atoms with Crippen LogP contribution in [0.2, 0.25) is 0 Å². The van der Waals surface area contributed by atoms with E-state index in [1.807, 2.05) is 6.92 Å². The summed E-state index contributed by atoms with van der Waals surface area (Å²) in [6.07, 6.45) is 2.39. The number of nitrogens with zero attached hydrogens (tertiary/aromatic N) is 4. The number of hydrogen-bond acceptors (Lipinski definition) is 5. The zero-order valence-corrected chi connectivity index (χ0v) is 12.0. The molecule has 2 rings (SSSR count). The molecule has 1 aromatic heterocycles. The van der Waals surface area contributed by atoms with Crippen molar-refractivity contribution >= 4 is 5.71 Å². The van der Waals surface area contributed by atoms with Gasteiger partial charge in [-0.15, -0.1) is 0 Å². The molecule has 0 amide bonds. The molecule has 0 bridgehead atoms. The highest BCUT2D eigenvalue weighted by atomic mass is 19.1. The first-order valence-corrected chi connectivity index (χ1v) is 6.63. The summed E-state index contributed by atoms with van der Waals surface area (Å²) >= 11 is 0. The van der Waals surface area contributed by atoms with Crippen LogP contribution >= 0.6 is 0 Å².